The predicted octanol–water partition coefficient (Wildman–Crippen LogP) is 3.50. The van der Waals surface area contributed by atoms with Gasteiger partial charge in [0.2, 0.25) is 5.91 Å². The molecule has 0 radical (unpaired) electrons. The van der Waals surface area contributed by atoms with Crippen molar-refractivity contribution in [3.05, 3.63) is 40.9 Å². The molecule has 6 heteroatoms. The molecule has 2 heterocycles. The van der Waals surface area contributed by atoms with Crippen LogP contribution in [0.25, 0.3) is 10.6 Å². The maximum Gasteiger partial charge on any atom is 0.273 e. The van der Waals surface area contributed by atoms with Gasteiger partial charge in [-0.05, 0) is 33.6 Å². The number of likely N-dealkylation sites (tertiary alicyclic amines) is 1. The number of hydrogen-bond acceptors (Lipinski definition) is 4. The number of carbonyl (C=O) groups is 2. The second-order valence-corrected chi connectivity index (χ2v) is 7.99. The van der Waals surface area contributed by atoms with Gasteiger partial charge >= 0.3 is 0 Å². The molecule has 5 nitrogen and oxygen atoms in total. The van der Waals surface area contributed by atoms with Gasteiger partial charge in [0.25, 0.3) is 5.91 Å². The van der Waals surface area contributed by atoms with Crippen LogP contribution in [-0.2, 0) is 4.79 Å². The van der Waals surface area contributed by atoms with E-state index < -0.39 is 0 Å². The van der Waals surface area contributed by atoms with Crippen molar-refractivity contribution in [2.45, 2.75) is 39.7 Å². The van der Waals surface area contributed by atoms with Gasteiger partial charge in [0.15, 0.2) is 0 Å². The van der Waals surface area contributed by atoms with Crippen molar-refractivity contribution in [1.29, 1.82) is 0 Å². The Morgan fingerprint density at radius 3 is 2.46 bits per heavy atom. The molecule has 0 saturated carbocycles. The first-order valence-corrected chi connectivity index (χ1v) is 9.94. The fourth-order valence-corrected chi connectivity index (χ4v) is 3.91. The summed E-state index contributed by atoms with van der Waals surface area (Å²) >= 11 is 1.49. The van der Waals surface area contributed by atoms with Crippen LogP contribution in [0.5, 0.6) is 0 Å². The minimum atomic E-state index is -0.0395. The molecule has 1 aliphatic rings. The van der Waals surface area contributed by atoms with Crippen molar-refractivity contribution in [3.8, 4) is 10.6 Å². The molecule has 26 heavy (non-hydrogen) atoms. The summed E-state index contributed by atoms with van der Waals surface area (Å²) in [5.74, 6) is 0.0600. The Hall–Kier alpha value is -2.21. The van der Waals surface area contributed by atoms with Crippen molar-refractivity contribution in [2.24, 2.45) is 5.92 Å². The number of benzene rings is 1. The Balaban J connectivity index is 1.61. The third-order valence-electron chi connectivity index (χ3n) is 4.61. The summed E-state index contributed by atoms with van der Waals surface area (Å²) in [6.45, 7) is 7.18. The van der Waals surface area contributed by atoms with E-state index in [0.29, 0.717) is 31.6 Å². The van der Waals surface area contributed by atoms with E-state index in [0.717, 1.165) is 10.6 Å². The minimum Gasteiger partial charge on any atom is -0.354 e. The second-order valence-electron chi connectivity index (χ2n) is 7.13. The number of aromatic nitrogens is 1. The third kappa shape index (κ3) is 4.30. The molecule has 1 saturated heterocycles. The predicted molar refractivity (Wildman–Crippen MR) is 104 cm³/mol. The molecule has 138 valence electrons. The van der Waals surface area contributed by atoms with E-state index in [1.165, 1.54) is 16.9 Å². The van der Waals surface area contributed by atoms with Gasteiger partial charge in [-0.15, -0.1) is 11.3 Å². The van der Waals surface area contributed by atoms with Gasteiger partial charge in [-0.3, -0.25) is 9.59 Å². The van der Waals surface area contributed by atoms with Gasteiger partial charge in [0.05, 0.1) is 0 Å². The average molecular weight is 372 g/mol. The summed E-state index contributed by atoms with van der Waals surface area (Å²) in [6.07, 6.45) is 1.42. The number of nitrogens with zero attached hydrogens (tertiary/aromatic N) is 2. The molecule has 2 amide bonds. The largest absolute Gasteiger partial charge is 0.354 e. The molecular weight excluding hydrogens is 346 g/mol. The fourth-order valence-electron chi connectivity index (χ4n) is 3.11. The van der Waals surface area contributed by atoms with Crippen LogP contribution in [0, 0.1) is 12.8 Å². The Bertz CT molecular complexity index is 775. The highest BCUT2D eigenvalue weighted by molar-refractivity contribution is 7.13. The number of rotatable bonds is 4. The lowest BCUT2D eigenvalue weighted by Gasteiger charge is -2.31. The van der Waals surface area contributed by atoms with E-state index in [-0.39, 0.29) is 23.8 Å². The Kier molecular flexibility index (Phi) is 5.71. The molecule has 1 N–H and O–H groups in total. The molecule has 1 fully saturated rings. The van der Waals surface area contributed by atoms with Crippen LogP contribution in [0.4, 0.5) is 0 Å². The number of hydrogen-bond donors (Lipinski definition) is 1. The zero-order chi connectivity index (χ0) is 18.7. The number of piperidine rings is 1. The molecule has 0 atom stereocenters. The smallest absolute Gasteiger partial charge is 0.273 e. The van der Waals surface area contributed by atoms with Crippen molar-refractivity contribution < 1.29 is 9.59 Å². The van der Waals surface area contributed by atoms with Crippen molar-refractivity contribution >= 4 is 23.2 Å². The molecular formula is C20H25N3O2S. The third-order valence-corrected chi connectivity index (χ3v) is 5.50. The summed E-state index contributed by atoms with van der Waals surface area (Å²) in [5, 5.41) is 5.65. The van der Waals surface area contributed by atoms with Crippen LogP contribution < -0.4 is 5.32 Å². The normalized spacial score (nSPS) is 15.3. The molecule has 2 aromatic rings. The first-order chi connectivity index (χ1) is 12.4. The molecule has 1 aromatic heterocycles. The zero-order valence-electron chi connectivity index (χ0n) is 15.5. The van der Waals surface area contributed by atoms with Crippen molar-refractivity contribution in [3.63, 3.8) is 0 Å². The van der Waals surface area contributed by atoms with Gasteiger partial charge in [-0.25, -0.2) is 4.98 Å². The number of aryl methyl sites for hydroxylation is 1. The van der Waals surface area contributed by atoms with Gasteiger partial charge < -0.3 is 10.2 Å². The van der Waals surface area contributed by atoms with E-state index in [2.05, 4.69) is 10.3 Å². The zero-order valence-corrected chi connectivity index (χ0v) is 16.3. The maximum atomic E-state index is 12.7. The summed E-state index contributed by atoms with van der Waals surface area (Å²) < 4.78 is 0. The van der Waals surface area contributed by atoms with E-state index in [1.54, 1.807) is 0 Å². The quantitative estimate of drug-likeness (QED) is 0.895. The molecule has 1 aromatic carbocycles. The molecule has 0 spiro atoms. The Morgan fingerprint density at radius 2 is 1.85 bits per heavy atom. The van der Waals surface area contributed by atoms with Crippen LogP contribution in [0.3, 0.4) is 0 Å². The van der Waals surface area contributed by atoms with Crippen LogP contribution in [-0.4, -0.2) is 40.8 Å². The lowest BCUT2D eigenvalue weighted by Crippen LogP contribution is -2.44. The molecule has 1 aliphatic heterocycles. The highest BCUT2D eigenvalue weighted by Gasteiger charge is 2.28. The highest BCUT2D eigenvalue weighted by Crippen LogP contribution is 2.26. The highest BCUT2D eigenvalue weighted by atomic mass is 32.1. The Labute approximate surface area is 158 Å². The van der Waals surface area contributed by atoms with Crippen LogP contribution in [0.15, 0.2) is 29.6 Å². The Morgan fingerprint density at radius 1 is 1.19 bits per heavy atom. The first-order valence-electron chi connectivity index (χ1n) is 9.06. The lowest BCUT2D eigenvalue weighted by atomic mass is 9.95. The van der Waals surface area contributed by atoms with E-state index in [9.17, 15) is 9.59 Å². The van der Waals surface area contributed by atoms with E-state index >= 15 is 0 Å². The summed E-state index contributed by atoms with van der Waals surface area (Å²) in [6, 6.07) is 8.30. The second kappa shape index (κ2) is 7.99. The molecule has 0 unspecified atom stereocenters. The summed E-state index contributed by atoms with van der Waals surface area (Å²) in [7, 11) is 0. The topological polar surface area (TPSA) is 62.3 Å². The number of thiazole rings is 1. The molecule has 0 bridgehead atoms. The van der Waals surface area contributed by atoms with E-state index in [1.807, 2.05) is 55.3 Å². The number of carbonyl (C=O) groups excluding carboxylic acids is 2. The monoisotopic (exact) mass is 371 g/mol. The minimum absolute atomic E-state index is 0.00000306. The summed E-state index contributed by atoms with van der Waals surface area (Å²) in [5.41, 5.74) is 2.73. The maximum absolute atomic E-state index is 12.7. The number of amides is 2. The van der Waals surface area contributed by atoms with Crippen molar-refractivity contribution in [1.82, 2.24) is 15.2 Å². The SMILES string of the molecule is Cc1ccc(-c2nc(C(=O)N3CCC(C(=O)NC(C)C)CC3)cs2)cc1. The van der Waals surface area contributed by atoms with Crippen LogP contribution in [0.1, 0.15) is 42.7 Å². The van der Waals surface area contributed by atoms with E-state index in [4.69, 9.17) is 0 Å². The van der Waals surface area contributed by atoms with Gasteiger partial charge in [-0.2, -0.15) is 0 Å². The first kappa shape index (κ1) is 18.6. The fraction of sp³-hybridized carbons (Fsp3) is 0.450. The van der Waals surface area contributed by atoms with Crippen molar-refractivity contribution in [2.75, 3.05) is 13.1 Å². The lowest BCUT2D eigenvalue weighted by molar-refractivity contribution is -0.126. The van der Waals surface area contributed by atoms with Gasteiger partial charge in [0.1, 0.15) is 10.7 Å². The van der Waals surface area contributed by atoms with Crippen LogP contribution >= 0.6 is 11.3 Å². The van der Waals surface area contributed by atoms with Crippen LogP contribution in [0.2, 0.25) is 0 Å². The van der Waals surface area contributed by atoms with Gasteiger partial charge in [0, 0.05) is 36.0 Å². The van der Waals surface area contributed by atoms with Gasteiger partial charge in [-0.1, -0.05) is 29.8 Å². The molecule has 3 rings (SSSR count). The number of nitrogens with one attached hydrogen (secondary N) is 1. The average Bonchev–Trinajstić information content (AvgIpc) is 3.11. The summed E-state index contributed by atoms with van der Waals surface area (Å²) in [4.78, 5) is 31.2. The standard InChI is InChI=1S/C20H25N3O2S/c1-13(2)21-18(24)15-8-10-23(11-9-15)20(25)17-12-26-19(22-17)16-6-4-14(3)5-7-16/h4-7,12-13,15H,8-11H2,1-3H3,(H,21,24). The molecule has 0 aliphatic carbocycles.